The Morgan fingerprint density at radius 2 is 2.33 bits per heavy atom. The van der Waals surface area contributed by atoms with Crippen LogP contribution in [0.3, 0.4) is 0 Å². The van der Waals surface area contributed by atoms with Crippen LogP contribution in [0.4, 0.5) is 5.69 Å². The van der Waals surface area contributed by atoms with Crippen molar-refractivity contribution in [3.05, 3.63) is 24.0 Å². The van der Waals surface area contributed by atoms with E-state index in [0.717, 1.165) is 24.1 Å². The van der Waals surface area contributed by atoms with E-state index < -0.39 is 0 Å². The lowest BCUT2D eigenvalue weighted by Crippen LogP contribution is -2.46. The van der Waals surface area contributed by atoms with E-state index in [0.29, 0.717) is 19.1 Å². The molecule has 0 radical (unpaired) electrons. The fraction of sp³-hybridized carbons (Fsp3) is 0.538. The van der Waals surface area contributed by atoms with Crippen LogP contribution in [0.15, 0.2) is 18.5 Å². The third kappa shape index (κ3) is 2.46. The Labute approximate surface area is 107 Å². The second kappa shape index (κ2) is 5.35. The van der Waals surface area contributed by atoms with Gasteiger partial charge in [-0.25, -0.2) is 0 Å². The Balaban J connectivity index is 2.26. The molecule has 0 aromatic carbocycles. The van der Waals surface area contributed by atoms with Crippen LogP contribution in [0, 0.1) is 5.92 Å². The first kappa shape index (κ1) is 12.8. The molecule has 5 nitrogen and oxygen atoms in total. The van der Waals surface area contributed by atoms with Gasteiger partial charge in [0.1, 0.15) is 0 Å². The van der Waals surface area contributed by atoms with Crippen LogP contribution in [-0.2, 0) is 11.3 Å². The highest BCUT2D eigenvalue weighted by molar-refractivity contribution is 5.77. The molecule has 0 saturated carbocycles. The smallest absolute Gasteiger partial charge is 0.222 e. The van der Waals surface area contributed by atoms with Gasteiger partial charge >= 0.3 is 0 Å². The molecule has 2 unspecified atom stereocenters. The van der Waals surface area contributed by atoms with Gasteiger partial charge in [0, 0.05) is 25.3 Å². The van der Waals surface area contributed by atoms with Gasteiger partial charge in [0.05, 0.1) is 17.8 Å². The Hall–Kier alpha value is -1.62. The van der Waals surface area contributed by atoms with Gasteiger partial charge in [0.15, 0.2) is 0 Å². The maximum atomic E-state index is 11.3. The number of piperidine rings is 1. The lowest BCUT2D eigenvalue weighted by atomic mass is 9.92. The fourth-order valence-corrected chi connectivity index (χ4v) is 2.52. The first-order chi connectivity index (χ1) is 8.63. The molecule has 1 aliphatic heterocycles. The van der Waals surface area contributed by atoms with Gasteiger partial charge in [-0.2, -0.15) is 0 Å². The monoisotopic (exact) mass is 248 g/mol. The number of rotatable bonds is 3. The Morgan fingerprint density at radius 3 is 3.00 bits per heavy atom. The van der Waals surface area contributed by atoms with Crippen LogP contribution in [0.2, 0.25) is 0 Å². The van der Waals surface area contributed by atoms with Gasteiger partial charge in [-0.1, -0.05) is 0 Å². The molecule has 2 heterocycles. The molecule has 2 atom stereocenters. The van der Waals surface area contributed by atoms with Crippen LogP contribution in [0.25, 0.3) is 0 Å². The molecule has 0 aliphatic carbocycles. The first-order valence-electron chi connectivity index (χ1n) is 6.32. The number of aromatic nitrogens is 1. The van der Waals surface area contributed by atoms with E-state index in [-0.39, 0.29) is 11.8 Å². The summed E-state index contributed by atoms with van der Waals surface area (Å²) in [4.78, 5) is 17.7. The molecule has 0 bridgehead atoms. The summed E-state index contributed by atoms with van der Waals surface area (Å²) < 4.78 is 0. The van der Waals surface area contributed by atoms with Crippen molar-refractivity contribution in [3.8, 4) is 0 Å². The zero-order chi connectivity index (χ0) is 13.1. The Morgan fingerprint density at radius 1 is 1.56 bits per heavy atom. The number of anilines is 1. The quantitative estimate of drug-likeness (QED) is 0.821. The maximum Gasteiger partial charge on any atom is 0.222 e. The number of nitrogens with two attached hydrogens (primary N) is 2. The molecule has 0 spiro atoms. The molecular formula is C13H20N4O. The highest BCUT2D eigenvalue weighted by Gasteiger charge is 2.29. The molecule has 98 valence electrons. The second-order valence-electron chi connectivity index (χ2n) is 4.89. The van der Waals surface area contributed by atoms with Gasteiger partial charge in [0.2, 0.25) is 5.91 Å². The van der Waals surface area contributed by atoms with Crippen LogP contribution < -0.4 is 16.4 Å². The largest absolute Gasteiger partial charge is 0.369 e. The van der Waals surface area contributed by atoms with Crippen LogP contribution in [0.5, 0.6) is 0 Å². The van der Waals surface area contributed by atoms with E-state index in [2.05, 4.69) is 16.8 Å². The molecule has 1 saturated heterocycles. The summed E-state index contributed by atoms with van der Waals surface area (Å²) in [5, 5.41) is 0. The van der Waals surface area contributed by atoms with Crippen molar-refractivity contribution in [2.24, 2.45) is 17.4 Å². The van der Waals surface area contributed by atoms with E-state index >= 15 is 0 Å². The van der Waals surface area contributed by atoms with E-state index in [1.54, 1.807) is 6.20 Å². The summed E-state index contributed by atoms with van der Waals surface area (Å²) in [6.45, 7) is 3.29. The summed E-state index contributed by atoms with van der Waals surface area (Å²) in [6, 6.07) is 2.31. The van der Waals surface area contributed by atoms with E-state index in [9.17, 15) is 4.79 Å². The standard InChI is InChI=1S/C13H20N4O/c1-9-2-3-11(13(15)18)8-17(9)12-7-16-5-4-10(12)6-14/h4-5,7,9,11H,2-3,6,8,14H2,1H3,(H2,15,18). The third-order valence-electron chi connectivity index (χ3n) is 3.70. The van der Waals surface area contributed by atoms with Crippen molar-refractivity contribution < 1.29 is 4.79 Å². The van der Waals surface area contributed by atoms with E-state index in [1.807, 2.05) is 12.3 Å². The summed E-state index contributed by atoms with van der Waals surface area (Å²) in [7, 11) is 0. The predicted octanol–water partition coefficient (Wildman–Crippen LogP) is 0.630. The number of pyridine rings is 1. The minimum absolute atomic E-state index is 0.0768. The fourth-order valence-electron chi connectivity index (χ4n) is 2.52. The van der Waals surface area contributed by atoms with Crippen LogP contribution >= 0.6 is 0 Å². The Bertz CT molecular complexity index is 435. The predicted molar refractivity (Wildman–Crippen MR) is 70.9 cm³/mol. The average molecular weight is 248 g/mol. The van der Waals surface area contributed by atoms with Crippen molar-refractivity contribution >= 4 is 11.6 Å². The van der Waals surface area contributed by atoms with Gasteiger partial charge in [-0.05, 0) is 31.4 Å². The molecule has 2 rings (SSSR count). The van der Waals surface area contributed by atoms with Crippen molar-refractivity contribution in [3.63, 3.8) is 0 Å². The normalized spacial score (nSPS) is 24.0. The zero-order valence-electron chi connectivity index (χ0n) is 10.7. The van der Waals surface area contributed by atoms with Crippen molar-refractivity contribution in [2.45, 2.75) is 32.4 Å². The summed E-state index contributed by atoms with van der Waals surface area (Å²) in [6.07, 6.45) is 5.39. The van der Waals surface area contributed by atoms with Gasteiger partial charge < -0.3 is 16.4 Å². The number of carbonyl (C=O) groups excluding carboxylic acids is 1. The topological polar surface area (TPSA) is 85.2 Å². The van der Waals surface area contributed by atoms with Crippen LogP contribution in [0.1, 0.15) is 25.3 Å². The molecule has 1 aromatic heterocycles. The Kier molecular flexibility index (Phi) is 3.81. The molecule has 5 heteroatoms. The van der Waals surface area contributed by atoms with Crippen LogP contribution in [-0.4, -0.2) is 23.5 Å². The van der Waals surface area contributed by atoms with Gasteiger partial charge in [0.25, 0.3) is 0 Å². The number of primary amides is 1. The maximum absolute atomic E-state index is 11.3. The highest BCUT2D eigenvalue weighted by atomic mass is 16.1. The van der Waals surface area contributed by atoms with Crippen molar-refractivity contribution in [1.29, 1.82) is 0 Å². The van der Waals surface area contributed by atoms with Crippen molar-refractivity contribution in [1.82, 2.24) is 4.98 Å². The molecule has 1 fully saturated rings. The lowest BCUT2D eigenvalue weighted by Gasteiger charge is -2.39. The number of hydrogen-bond donors (Lipinski definition) is 2. The van der Waals surface area contributed by atoms with Gasteiger partial charge in [-0.15, -0.1) is 0 Å². The first-order valence-corrected chi connectivity index (χ1v) is 6.32. The van der Waals surface area contributed by atoms with E-state index in [4.69, 9.17) is 11.5 Å². The van der Waals surface area contributed by atoms with Crippen molar-refractivity contribution in [2.75, 3.05) is 11.4 Å². The lowest BCUT2D eigenvalue weighted by molar-refractivity contribution is -0.122. The van der Waals surface area contributed by atoms with E-state index in [1.165, 1.54) is 0 Å². The molecule has 1 aromatic rings. The molecule has 18 heavy (non-hydrogen) atoms. The SMILES string of the molecule is CC1CCC(C(N)=O)CN1c1cnccc1CN. The summed E-state index contributed by atoms with van der Waals surface area (Å²) in [5.41, 5.74) is 13.3. The molecular weight excluding hydrogens is 228 g/mol. The average Bonchev–Trinajstić information content (AvgIpc) is 2.39. The number of amides is 1. The van der Waals surface area contributed by atoms with Gasteiger partial charge in [-0.3, -0.25) is 9.78 Å². The zero-order valence-corrected chi connectivity index (χ0v) is 10.7. The molecule has 1 amide bonds. The highest BCUT2D eigenvalue weighted by Crippen LogP contribution is 2.29. The molecule has 4 N–H and O–H groups in total. The number of nitrogens with zero attached hydrogens (tertiary/aromatic N) is 2. The minimum Gasteiger partial charge on any atom is -0.369 e. The molecule has 1 aliphatic rings. The summed E-state index contributed by atoms with van der Waals surface area (Å²) in [5.74, 6) is -0.294. The number of hydrogen-bond acceptors (Lipinski definition) is 4. The third-order valence-corrected chi connectivity index (χ3v) is 3.70. The number of carbonyl (C=O) groups is 1. The minimum atomic E-state index is -0.218. The second-order valence-corrected chi connectivity index (χ2v) is 4.89. The summed E-state index contributed by atoms with van der Waals surface area (Å²) >= 11 is 0.